The number of aromatic amines is 2. The van der Waals surface area contributed by atoms with Gasteiger partial charge >= 0.3 is 12.2 Å². The summed E-state index contributed by atoms with van der Waals surface area (Å²) < 4.78 is 40.6. The molecule has 3 aromatic rings. The van der Waals surface area contributed by atoms with Gasteiger partial charge in [-0.1, -0.05) is 11.6 Å². The van der Waals surface area contributed by atoms with Crippen molar-refractivity contribution in [1.29, 1.82) is 0 Å². The highest BCUT2D eigenvalue weighted by Gasteiger charge is 2.40. The number of aromatic nitrogens is 4. The van der Waals surface area contributed by atoms with Gasteiger partial charge < -0.3 is 30.7 Å². The molecule has 0 spiro atoms. The fourth-order valence-corrected chi connectivity index (χ4v) is 6.04. The molecule has 2 aromatic heterocycles. The molecule has 0 radical (unpaired) electrons. The average Bonchev–Trinajstić information content (AvgIpc) is 3.58. The van der Waals surface area contributed by atoms with Gasteiger partial charge in [-0.05, 0) is 43.9 Å². The number of hydrogen-bond acceptors (Lipinski definition) is 6. The highest BCUT2D eigenvalue weighted by molar-refractivity contribution is 6.34. The first-order chi connectivity index (χ1) is 21.5. The molecule has 2 saturated heterocycles. The molecule has 1 aromatic carbocycles. The summed E-state index contributed by atoms with van der Waals surface area (Å²) in [5.41, 5.74) is 6.38. The standard InChI is InChI=1S/C29H33ClF3N9O3/c30-22-14-18(3-4-20(22)27(44)40-9-11-42(12-10-40)28(45)41-7-5-17(34)6-8-41)37-26(43)25-35-15-19(36-25)13-21-23(16-1-2-16)38-39-24(21)29(31,32)33/h3-4,14-17H,1-2,5-13,34H2,(H,35,36)(H,37,43)(H,38,39). The number of nitrogens with one attached hydrogen (secondary N) is 3. The zero-order chi connectivity index (χ0) is 31.9. The summed E-state index contributed by atoms with van der Waals surface area (Å²) in [4.78, 5) is 51.0. The maximum atomic E-state index is 13.5. The number of benzene rings is 1. The third-order valence-electron chi connectivity index (χ3n) is 8.47. The number of carbonyl (C=O) groups excluding carboxylic acids is 3. The number of likely N-dealkylation sites (tertiary alicyclic amines) is 1. The summed E-state index contributed by atoms with van der Waals surface area (Å²) in [6, 6.07) is 4.58. The number of urea groups is 1. The van der Waals surface area contributed by atoms with E-state index in [1.807, 2.05) is 4.90 Å². The van der Waals surface area contributed by atoms with E-state index in [2.05, 4.69) is 25.5 Å². The molecule has 240 valence electrons. The van der Waals surface area contributed by atoms with Crippen molar-refractivity contribution in [2.75, 3.05) is 44.6 Å². The van der Waals surface area contributed by atoms with Crippen molar-refractivity contribution in [2.45, 2.75) is 50.2 Å². The van der Waals surface area contributed by atoms with Crippen molar-refractivity contribution in [3.63, 3.8) is 0 Å². The molecule has 0 unspecified atom stereocenters. The molecule has 12 nitrogen and oxygen atoms in total. The average molecular weight is 648 g/mol. The minimum Gasteiger partial charge on any atom is -0.337 e. The summed E-state index contributed by atoms with van der Waals surface area (Å²) in [6.45, 7) is 2.80. The Morgan fingerprint density at radius 2 is 1.67 bits per heavy atom. The summed E-state index contributed by atoms with van der Waals surface area (Å²) in [5.74, 6) is -0.982. The Morgan fingerprint density at radius 1 is 1.00 bits per heavy atom. The number of hydrogen-bond donors (Lipinski definition) is 4. The van der Waals surface area contributed by atoms with Crippen LogP contribution in [0.2, 0.25) is 5.02 Å². The van der Waals surface area contributed by atoms with E-state index in [0.717, 1.165) is 25.7 Å². The van der Waals surface area contributed by atoms with Crippen LogP contribution in [0.25, 0.3) is 0 Å². The second-order valence-electron chi connectivity index (χ2n) is 11.7. The molecule has 0 atom stereocenters. The van der Waals surface area contributed by atoms with Gasteiger partial charge in [0.05, 0.1) is 10.6 Å². The van der Waals surface area contributed by atoms with Gasteiger partial charge in [0.25, 0.3) is 11.8 Å². The molecule has 4 heterocycles. The second-order valence-corrected chi connectivity index (χ2v) is 12.1. The first-order valence-corrected chi connectivity index (χ1v) is 15.2. The molecule has 45 heavy (non-hydrogen) atoms. The van der Waals surface area contributed by atoms with E-state index in [-0.39, 0.29) is 52.3 Å². The van der Waals surface area contributed by atoms with Crippen molar-refractivity contribution >= 4 is 35.1 Å². The predicted molar refractivity (Wildman–Crippen MR) is 158 cm³/mol. The molecule has 1 saturated carbocycles. The summed E-state index contributed by atoms with van der Waals surface area (Å²) in [7, 11) is 0. The van der Waals surface area contributed by atoms with Crippen LogP contribution >= 0.6 is 11.6 Å². The van der Waals surface area contributed by atoms with Crippen LogP contribution in [0, 0.1) is 0 Å². The molecule has 0 bridgehead atoms. The lowest BCUT2D eigenvalue weighted by molar-refractivity contribution is -0.141. The van der Waals surface area contributed by atoms with Crippen LogP contribution in [0.4, 0.5) is 23.7 Å². The van der Waals surface area contributed by atoms with E-state index >= 15 is 0 Å². The minimum atomic E-state index is -4.61. The van der Waals surface area contributed by atoms with Crippen LogP contribution in [0.3, 0.4) is 0 Å². The Balaban J connectivity index is 1.05. The third kappa shape index (κ3) is 6.78. The number of imidazole rings is 1. The Kier molecular flexibility index (Phi) is 8.48. The van der Waals surface area contributed by atoms with Crippen molar-refractivity contribution in [1.82, 2.24) is 34.9 Å². The van der Waals surface area contributed by atoms with E-state index < -0.39 is 17.8 Å². The van der Waals surface area contributed by atoms with Crippen LogP contribution in [-0.4, -0.2) is 98.0 Å². The maximum absolute atomic E-state index is 13.5. The quantitative estimate of drug-likeness (QED) is 0.319. The molecule has 1 aliphatic carbocycles. The Bertz CT molecular complexity index is 1590. The first-order valence-electron chi connectivity index (χ1n) is 14.9. The largest absolute Gasteiger partial charge is 0.435 e. The van der Waals surface area contributed by atoms with E-state index in [9.17, 15) is 27.6 Å². The lowest BCUT2D eigenvalue weighted by Crippen LogP contribution is -2.55. The number of nitrogens with two attached hydrogens (primary N) is 1. The smallest absolute Gasteiger partial charge is 0.337 e. The molecule has 4 amide bonds. The monoisotopic (exact) mass is 647 g/mol. The van der Waals surface area contributed by atoms with Crippen molar-refractivity contribution in [2.24, 2.45) is 5.73 Å². The zero-order valence-electron chi connectivity index (χ0n) is 24.3. The predicted octanol–water partition coefficient (Wildman–Crippen LogP) is 3.83. The number of anilines is 1. The van der Waals surface area contributed by atoms with Gasteiger partial charge in [-0.2, -0.15) is 18.3 Å². The number of H-pyrrole nitrogens is 2. The Hall–Kier alpha value is -4.11. The van der Waals surface area contributed by atoms with E-state index in [1.54, 1.807) is 9.80 Å². The fraction of sp³-hybridized carbons (Fsp3) is 0.483. The first kappa shape index (κ1) is 30.9. The number of nitrogens with zero attached hydrogens (tertiary/aromatic N) is 5. The Labute approximate surface area is 261 Å². The van der Waals surface area contributed by atoms with Crippen LogP contribution in [-0.2, 0) is 12.6 Å². The molecule has 6 rings (SSSR count). The number of amides is 4. The normalized spacial score (nSPS) is 17.9. The van der Waals surface area contributed by atoms with Crippen LogP contribution < -0.4 is 11.1 Å². The molecular weight excluding hydrogens is 615 g/mol. The lowest BCUT2D eigenvalue weighted by Gasteiger charge is -2.39. The maximum Gasteiger partial charge on any atom is 0.435 e. The van der Waals surface area contributed by atoms with Gasteiger partial charge in [-0.15, -0.1) is 0 Å². The topological polar surface area (TPSA) is 156 Å². The summed E-state index contributed by atoms with van der Waals surface area (Å²) >= 11 is 6.44. The number of piperazine rings is 1. The number of carbonyl (C=O) groups is 3. The molecule has 2 aliphatic heterocycles. The van der Waals surface area contributed by atoms with Crippen molar-refractivity contribution in [3.05, 3.63) is 63.5 Å². The fourth-order valence-electron chi connectivity index (χ4n) is 5.78. The van der Waals surface area contributed by atoms with Crippen LogP contribution in [0.5, 0.6) is 0 Å². The van der Waals surface area contributed by atoms with E-state index in [4.69, 9.17) is 17.3 Å². The number of halogens is 4. The van der Waals surface area contributed by atoms with Gasteiger partial charge in [-0.25, -0.2) is 9.78 Å². The zero-order valence-corrected chi connectivity index (χ0v) is 25.0. The second kappa shape index (κ2) is 12.4. The summed E-state index contributed by atoms with van der Waals surface area (Å²) in [6.07, 6.45) is -0.256. The number of rotatable bonds is 6. The van der Waals surface area contributed by atoms with E-state index in [1.165, 1.54) is 24.4 Å². The van der Waals surface area contributed by atoms with Gasteiger partial charge in [-0.3, -0.25) is 14.7 Å². The highest BCUT2D eigenvalue weighted by atomic mass is 35.5. The molecule has 3 fully saturated rings. The molecule has 16 heteroatoms. The minimum absolute atomic E-state index is 0.0208. The molecular formula is C29H33ClF3N9O3. The molecule has 3 aliphatic rings. The van der Waals surface area contributed by atoms with Gasteiger partial charge in [0, 0.05) is 86.5 Å². The van der Waals surface area contributed by atoms with Crippen LogP contribution in [0.1, 0.15) is 75.2 Å². The number of piperidine rings is 1. The van der Waals surface area contributed by atoms with E-state index in [0.29, 0.717) is 56.3 Å². The highest BCUT2D eigenvalue weighted by Crippen LogP contribution is 2.44. The third-order valence-corrected chi connectivity index (χ3v) is 8.78. The van der Waals surface area contributed by atoms with Gasteiger partial charge in [0.15, 0.2) is 11.5 Å². The molecule has 5 N–H and O–H groups in total. The Morgan fingerprint density at radius 3 is 2.31 bits per heavy atom. The lowest BCUT2D eigenvalue weighted by atomic mass is 10.0. The SMILES string of the molecule is NC1CCN(C(=O)N2CCN(C(=O)c3ccc(NC(=O)c4ncc(Cc5c(C(F)(F)F)n[nH]c5C5CC5)[nH]4)cc3Cl)CC2)CC1. The number of alkyl halides is 3. The van der Waals surface area contributed by atoms with Gasteiger partial charge in [0.2, 0.25) is 0 Å². The van der Waals surface area contributed by atoms with Crippen molar-refractivity contribution in [3.8, 4) is 0 Å². The van der Waals surface area contributed by atoms with Crippen molar-refractivity contribution < 1.29 is 27.6 Å². The summed E-state index contributed by atoms with van der Waals surface area (Å²) in [5, 5.41) is 8.83. The van der Waals surface area contributed by atoms with Crippen LogP contribution in [0.15, 0.2) is 24.4 Å². The van der Waals surface area contributed by atoms with Gasteiger partial charge in [0.1, 0.15) is 0 Å².